The molecule has 2 heterocycles. The fourth-order valence-electron chi connectivity index (χ4n) is 1.69. The van der Waals surface area contributed by atoms with Gasteiger partial charge in [-0.15, -0.1) is 10.2 Å². The number of aromatic nitrogens is 3. The van der Waals surface area contributed by atoms with Crippen molar-refractivity contribution in [3.8, 4) is 11.4 Å². The summed E-state index contributed by atoms with van der Waals surface area (Å²) in [6.07, 6.45) is 0. The van der Waals surface area contributed by atoms with Gasteiger partial charge in [0.05, 0.1) is 0 Å². The molecule has 0 saturated heterocycles. The van der Waals surface area contributed by atoms with E-state index in [-0.39, 0.29) is 0 Å². The summed E-state index contributed by atoms with van der Waals surface area (Å²) in [6, 6.07) is 12.9. The van der Waals surface area contributed by atoms with Gasteiger partial charge < -0.3 is 0 Å². The molecule has 2 aromatic heterocycles. The Morgan fingerprint density at radius 1 is 0.882 bits per heavy atom. The van der Waals surface area contributed by atoms with Crippen molar-refractivity contribution in [3.63, 3.8) is 0 Å². The molecule has 0 N–H and O–H groups in total. The molecule has 5 heteroatoms. The van der Waals surface area contributed by atoms with Gasteiger partial charge in [-0.25, -0.2) is 0 Å². The van der Waals surface area contributed by atoms with Crippen molar-refractivity contribution in [2.24, 2.45) is 0 Å². The molecule has 0 spiro atoms. The van der Waals surface area contributed by atoms with Gasteiger partial charge in [0.2, 0.25) is 0 Å². The molecule has 0 aliphatic heterocycles. The van der Waals surface area contributed by atoms with Crippen LogP contribution in [0.4, 0.5) is 0 Å². The summed E-state index contributed by atoms with van der Waals surface area (Å²) in [5.41, 5.74) is 1.65. The molecular weight excluding hydrogens is 257 g/mol. The highest BCUT2D eigenvalue weighted by Crippen LogP contribution is 2.23. The minimum absolute atomic E-state index is 0.581. The van der Waals surface area contributed by atoms with Crippen molar-refractivity contribution in [1.29, 1.82) is 0 Å². The number of hydrogen-bond donors (Lipinski definition) is 0. The number of hydrogen-bond acceptors (Lipinski definition) is 2. The summed E-state index contributed by atoms with van der Waals surface area (Å²) in [5.74, 6) is 0.710. The van der Waals surface area contributed by atoms with Gasteiger partial charge in [0.1, 0.15) is 5.15 Å². The topological polar surface area (TPSA) is 30.2 Å². The summed E-state index contributed by atoms with van der Waals surface area (Å²) >= 11 is 12.0. The highest BCUT2D eigenvalue weighted by molar-refractivity contribution is 6.30. The maximum absolute atomic E-state index is 6.14. The third-order valence-electron chi connectivity index (χ3n) is 2.48. The summed E-state index contributed by atoms with van der Waals surface area (Å²) in [5, 5.41) is 9.48. The number of rotatable bonds is 1. The predicted octanol–water partition coefficient (Wildman–Crippen LogP) is 3.70. The van der Waals surface area contributed by atoms with Gasteiger partial charge in [0.25, 0.3) is 0 Å². The maximum Gasteiger partial charge on any atom is 0.169 e. The van der Waals surface area contributed by atoms with E-state index in [1.54, 1.807) is 10.5 Å². The second-order valence-electron chi connectivity index (χ2n) is 3.57. The quantitative estimate of drug-likeness (QED) is 0.627. The zero-order valence-electron chi connectivity index (χ0n) is 8.64. The molecule has 0 bridgehead atoms. The minimum Gasteiger partial charge on any atom is -0.265 e. The molecule has 0 saturated carbocycles. The largest absolute Gasteiger partial charge is 0.265 e. The Bertz CT molecular complexity index is 674. The molecule has 0 fully saturated rings. The number of fused-ring (bicyclic) bond motifs is 1. The van der Waals surface area contributed by atoms with Gasteiger partial charge in [-0.05, 0) is 36.4 Å². The van der Waals surface area contributed by atoms with Crippen LogP contribution in [0.1, 0.15) is 0 Å². The highest BCUT2D eigenvalue weighted by atomic mass is 35.5. The Kier molecular flexibility index (Phi) is 2.50. The second kappa shape index (κ2) is 4.02. The fourth-order valence-corrected chi connectivity index (χ4v) is 2.05. The Hall–Kier alpha value is -1.58. The van der Waals surface area contributed by atoms with Crippen molar-refractivity contribution in [1.82, 2.24) is 14.6 Å². The first-order valence-electron chi connectivity index (χ1n) is 5.01. The van der Waals surface area contributed by atoms with E-state index < -0.39 is 0 Å². The molecule has 0 aliphatic carbocycles. The van der Waals surface area contributed by atoms with Crippen LogP contribution in [0.15, 0.2) is 42.5 Å². The summed E-state index contributed by atoms with van der Waals surface area (Å²) < 4.78 is 1.80. The molecule has 3 rings (SSSR count). The number of benzene rings is 1. The summed E-state index contributed by atoms with van der Waals surface area (Å²) in [7, 11) is 0. The van der Waals surface area contributed by atoms with Gasteiger partial charge in [0, 0.05) is 10.6 Å². The molecule has 1 aromatic carbocycles. The van der Waals surface area contributed by atoms with E-state index in [1.165, 1.54) is 0 Å². The molecule has 3 nitrogen and oxygen atoms in total. The van der Waals surface area contributed by atoms with E-state index in [0.29, 0.717) is 16.0 Å². The van der Waals surface area contributed by atoms with Gasteiger partial charge in [-0.2, -0.15) is 0 Å². The molecule has 0 unspecified atom stereocenters. The molecule has 0 radical (unpaired) electrons. The Morgan fingerprint density at radius 2 is 1.65 bits per heavy atom. The van der Waals surface area contributed by atoms with Crippen LogP contribution in [0, 0.1) is 0 Å². The van der Waals surface area contributed by atoms with E-state index in [4.69, 9.17) is 23.2 Å². The maximum atomic E-state index is 6.14. The second-order valence-corrected chi connectivity index (χ2v) is 4.40. The molecular formula is C12H7Cl2N3. The van der Waals surface area contributed by atoms with Crippen LogP contribution in [0.3, 0.4) is 0 Å². The zero-order valence-corrected chi connectivity index (χ0v) is 10.2. The number of halogens is 2. The van der Waals surface area contributed by atoms with E-state index in [2.05, 4.69) is 10.2 Å². The third-order valence-corrected chi connectivity index (χ3v) is 3.03. The third kappa shape index (κ3) is 1.77. The van der Waals surface area contributed by atoms with Crippen LogP contribution in [0.25, 0.3) is 17.0 Å². The zero-order chi connectivity index (χ0) is 11.8. The number of nitrogens with zero attached hydrogens (tertiary/aromatic N) is 3. The lowest BCUT2D eigenvalue weighted by atomic mass is 10.2. The molecule has 3 aromatic rings. The van der Waals surface area contributed by atoms with E-state index >= 15 is 0 Å². The van der Waals surface area contributed by atoms with E-state index in [1.807, 2.05) is 36.4 Å². The monoisotopic (exact) mass is 263 g/mol. The van der Waals surface area contributed by atoms with Crippen molar-refractivity contribution in [3.05, 3.63) is 52.6 Å². The first-order chi connectivity index (χ1) is 8.25. The SMILES string of the molecule is Clc1ccc(-c2nnc3cccc(Cl)n23)cc1. The average Bonchev–Trinajstić information content (AvgIpc) is 2.75. The Balaban J connectivity index is 2.27. The molecule has 17 heavy (non-hydrogen) atoms. The highest BCUT2D eigenvalue weighted by Gasteiger charge is 2.09. The Morgan fingerprint density at radius 3 is 2.41 bits per heavy atom. The van der Waals surface area contributed by atoms with E-state index in [9.17, 15) is 0 Å². The van der Waals surface area contributed by atoms with Crippen molar-refractivity contribution < 1.29 is 0 Å². The van der Waals surface area contributed by atoms with Crippen LogP contribution >= 0.6 is 23.2 Å². The van der Waals surface area contributed by atoms with E-state index in [0.717, 1.165) is 11.2 Å². The summed E-state index contributed by atoms with van der Waals surface area (Å²) in [4.78, 5) is 0. The normalized spacial score (nSPS) is 10.9. The van der Waals surface area contributed by atoms with Gasteiger partial charge in [-0.1, -0.05) is 29.3 Å². The smallest absolute Gasteiger partial charge is 0.169 e. The predicted molar refractivity (Wildman–Crippen MR) is 68.4 cm³/mol. The summed E-state index contributed by atoms with van der Waals surface area (Å²) in [6.45, 7) is 0. The van der Waals surface area contributed by atoms with Crippen LogP contribution in [-0.2, 0) is 0 Å². The minimum atomic E-state index is 0.581. The van der Waals surface area contributed by atoms with Crippen LogP contribution in [-0.4, -0.2) is 14.6 Å². The van der Waals surface area contributed by atoms with Crippen LogP contribution in [0.2, 0.25) is 10.2 Å². The van der Waals surface area contributed by atoms with Crippen LogP contribution in [0.5, 0.6) is 0 Å². The standard InChI is InChI=1S/C12H7Cl2N3/c13-9-6-4-8(5-7-9)12-16-15-11-3-1-2-10(14)17(11)12/h1-7H. The van der Waals surface area contributed by atoms with Gasteiger partial charge in [0.15, 0.2) is 11.5 Å². The van der Waals surface area contributed by atoms with Gasteiger partial charge in [-0.3, -0.25) is 4.40 Å². The lowest BCUT2D eigenvalue weighted by Gasteiger charge is -2.01. The molecule has 0 aliphatic rings. The first-order valence-corrected chi connectivity index (χ1v) is 5.77. The Labute approximate surface area is 108 Å². The van der Waals surface area contributed by atoms with Crippen molar-refractivity contribution in [2.45, 2.75) is 0 Å². The fraction of sp³-hybridized carbons (Fsp3) is 0. The molecule has 0 amide bonds. The molecule has 84 valence electrons. The van der Waals surface area contributed by atoms with Crippen molar-refractivity contribution >= 4 is 28.8 Å². The van der Waals surface area contributed by atoms with Gasteiger partial charge >= 0.3 is 0 Å². The molecule has 0 atom stereocenters. The lowest BCUT2D eigenvalue weighted by molar-refractivity contribution is 1.11. The van der Waals surface area contributed by atoms with Crippen LogP contribution < -0.4 is 0 Å². The first kappa shape index (κ1) is 10.6. The lowest BCUT2D eigenvalue weighted by Crippen LogP contribution is -1.90. The average molecular weight is 264 g/mol. The number of pyridine rings is 1. The van der Waals surface area contributed by atoms with Crippen molar-refractivity contribution in [2.75, 3.05) is 0 Å².